The number of ether oxygens (including phenoxy) is 1. The molecule has 0 aliphatic carbocycles. The van der Waals surface area contributed by atoms with Crippen molar-refractivity contribution in [3.8, 4) is 5.75 Å². The van der Waals surface area contributed by atoms with E-state index < -0.39 is 5.97 Å². The average Bonchev–Trinajstić information content (AvgIpc) is 2.73. The molecule has 28 heavy (non-hydrogen) atoms. The third-order valence-corrected chi connectivity index (χ3v) is 4.99. The second-order valence-electron chi connectivity index (χ2n) is 6.99. The van der Waals surface area contributed by atoms with Crippen LogP contribution in [0, 0.1) is 0 Å². The molecule has 1 saturated heterocycles. The van der Waals surface area contributed by atoms with Crippen molar-refractivity contribution in [1.29, 1.82) is 0 Å². The molecule has 2 aromatic carbocycles. The van der Waals surface area contributed by atoms with Gasteiger partial charge in [0.25, 0.3) is 0 Å². The Bertz CT molecular complexity index is 865. The second kappa shape index (κ2) is 9.33. The van der Waals surface area contributed by atoms with Gasteiger partial charge >= 0.3 is 5.97 Å². The SMILES string of the molecule is COc1ccc(C(=O)/C=C/c2ccc(C(=O)O)cc2)cc1CN1CCCCC1. The van der Waals surface area contributed by atoms with Crippen molar-refractivity contribution in [2.24, 2.45) is 0 Å². The molecule has 1 aliphatic heterocycles. The molecule has 2 aromatic rings. The number of carboxylic acid groups (broad SMARTS) is 1. The van der Waals surface area contributed by atoms with Gasteiger partial charge in [-0.15, -0.1) is 0 Å². The van der Waals surface area contributed by atoms with E-state index >= 15 is 0 Å². The molecule has 5 heteroatoms. The molecular formula is C23H25NO4. The van der Waals surface area contributed by atoms with Gasteiger partial charge < -0.3 is 9.84 Å². The first-order chi connectivity index (χ1) is 13.6. The van der Waals surface area contributed by atoms with Crippen molar-refractivity contribution in [2.75, 3.05) is 20.2 Å². The normalized spacial score (nSPS) is 14.9. The van der Waals surface area contributed by atoms with Gasteiger partial charge in [0.2, 0.25) is 0 Å². The van der Waals surface area contributed by atoms with Gasteiger partial charge in [-0.1, -0.05) is 24.6 Å². The molecule has 3 rings (SSSR count). The van der Waals surface area contributed by atoms with Gasteiger partial charge in [-0.2, -0.15) is 0 Å². The molecule has 1 aliphatic rings. The largest absolute Gasteiger partial charge is 0.496 e. The van der Waals surface area contributed by atoms with Crippen molar-refractivity contribution < 1.29 is 19.4 Å². The number of likely N-dealkylation sites (tertiary alicyclic amines) is 1. The Hall–Kier alpha value is -2.92. The molecule has 5 nitrogen and oxygen atoms in total. The van der Waals surface area contributed by atoms with Crippen LogP contribution in [0.15, 0.2) is 48.5 Å². The number of methoxy groups -OCH3 is 1. The molecule has 0 radical (unpaired) electrons. The Kier molecular flexibility index (Phi) is 6.61. The van der Waals surface area contributed by atoms with Crippen molar-refractivity contribution in [2.45, 2.75) is 25.8 Å². The maximum absolute atomic E-state index is 12.6. The predicted molar refractivity (Wildman–Crippen MR) is 109 cm³/mol. The lowest BCUT2D eigenvalue weighted by atomic mass is 10.0. The van der Waals surface area contributed by atoms with E-state index in [4.69, 9.17) is 9.84 Å². The van der Waals surface area contributed by atoms with Crippen LogP contribution in [0.3, 0.4) is 0 Å². The zero-order chi connectivity index (χ0) is 19.9. The van der Waals surface area contributed by atoms with Crippen molar-refractivity contribution in [3.05, 3.63) is 70.8 Å². The van der Waals surface area contributed by atoms with Crippen LogP contribution in [-0.2, 0) is 6.54 Å². The smallest absolute Gasteiger partial charge is 0.335 e. The molecule has 0 amide bonds. The van der Waals surface area contributed by atoms with Crippen LogP contribution in [0.5, 0.6) is 5.75 Å². The Morgan fingerprint density at radius 2 is 1.71 bits per heavy atom. The minimum Gasteiger partial charge on any atom is -0.496 e. The Morgan fingerprint density at radius 3 is 2.36 bits per heavy atom. The summed E-state index contributed by atoms with van der Waals surface area (Å²) in [6.45, 7) is 2.94. The number of rotatable bonds is 7. The van der Waals surface area contributed by atoms with E-state index in [0.29, 0.717) is 5.56 Å². The van der Waals surface area contributed by atoms with Crippen LogP contribution >= 0.6 is 0 Å². The Morgan fingerprint density at radius 1 is 1.04 bits per heavy atom. The second-order valence-corrected chi connectivity index (χ2v) is 6.99. The van der Waals surface area contributed by atoms with Crippen LogP contribution in [0.4, 0.5) is 0 Å². The van der Waals surface area contributed by atoms with Crippen molar-refractivity contribution in [1.82, 2.24) is 4.90 Å². The number of benzene rings is 2. The first-order valence-electron chi connectivity index (χ1n) is 9.52. The highest BCUT2D eigenvalue weighted by molar-refractivity contribution is 6.07. The Labute approximate surface area is 165 Å². The van der Waals surface area contributed by atoms with E-state index in [9.17, 15) is 9.59 Å². The van der Waals surface area contributed by atoms with Gasteiger partial charge in [-0.25, -0.2) is 4.79 Å². The highest BCUT2D eigenvalue weighted by Gasteiger charge is 2.15. The summed E-state index contributed by atoms with van der Waals surface area (Å²) in [5, 5.41) is 8.94. The van der Waals surface area contributed by atoms with E-state index in [1.54, 1.807) is 31.4 Å². The topological polar surface area (TPSA) is 66.8 Å². The number of allylic oxidation sites excluding steroid dienone is 1. The highest BCUT2D eigenvalue weighted by atomic mass is 16.5. The molecule has 0 saturated carbocycles. The van der Waals surface area contributed by atoms with Gasteiger partial charge in [0.15, 0.2) is 5.78 Å². The van der Waals surface area contributed by atoms with Crippen LogP contribution < -0.4 is 4.74 Å². The number of aromatic carboxylic acids is 1. The maximum Gasteiger partial charge on any atom is 0.335 e. The van der Waals surface area contributed by atoms with Crippen LogP contribution in [0.1, 0.15) is 51.1 Å². The number of ketones is 1. The van der Waals surface area contributed by atoms with Gasteiger partial charge in [0.05, 0.1) is 12.7 Å². The van der Waals surface area contributed by atoms with Gasteiger partial charge in [0, 0.05) is 17.7 Å². The fourth-order valence-electron chi connectivity index (χ4n) is 3.42. The zero-order valence-electron chi connectivity index (χ0n) is 16.1. The number of carbonyl (C=O) groups excluding carboxylic acids is 1. The fraction of sp³-hybridized carbons (Fsp3) is 0.304. The first kappa shape index (κ1) is 19.8. The number of hydrogen-bond donors (Lipinski definition) is 1. The lowest BCUT2D eigenvalue weighted by Gasteiger charge is -2.27. The van der Waals surface area contributed by atoms with E-state index in [2.05, 4.69) is 4.90 Å². The summed E-state index contributed by atoms with van der Waals surface area (Å²) in [6.07, 6.45) is 6.92. The van der Waals surface area contributed by atoms with E-state index in [0.717, 1.165) is 36.5 Å². The zero-order valence-corrected chi connectivity index (χ0v) is 16.1. The summed E-state index contributed by atoms with van der Waals surface area (Å²) in [7, 11) is 1.65. The summed E-state index contributed by atoms with van der Waals surface area (Å²) in [5.74, 6) is -0.258. The van der Waals surface area contributed by atoms with E-state index in [1.807, 2.05) is 12.1 Å². The summed E-state index contributed by atoms with van der Waals surface area (Å²) in [4.78, 5) is 25.9. The minimum absolute atomic E-state index is 0.0927. The minimum atomic E-state index is -0.967. The third kappa shape index (κ3) is 5.08. The van der Waals surface area contributed by atoms with Gasteiger partial charge in [0.1, 0.15) is 5.75 Å². The number of carbonyl (C=O) groups is 2. The number of hydrogen-bond acceptors (Lipinski definition) is 4. The maximum atomic E-state index is 12.6. The Balaban J connectivity index is 1.73. The fourth-order valence-corrected chi connectivity index (χ4v) is 3.42. The summed E-state index contributed by atoms with van der Waals surface area (Å²) in [6, 6.07) is 12.0. The van der Waals surface area contributed by atoms with E-state index in [-0.39, 0.29) is 11.3 Å². The lowest BCUT2D eigenvalue weighted by Crippen LogP contribution is -2.29. The van der Waals surface area contributed by atoms with Crippen molar-refractivity contribution >= 4 is 17.8 Å². The molecule has 0 unspecified atom stereocenters. The van der Waals surface area contributed by atoms with Crippen LogP contribution in [0.2, 0.25) is 0 Å². The standard InChI is InChI=1S/C23H25NO4/c1-28-22-12-10-19(15-20(22)16-24-13-3-2-4-14-24)21(25)11-7-17-5-8-18(9-6-17)23(26)27/h5-12,15H,2-4,13-14,16H2,1H3,(H,26,27)/b11-7+. The average molecular weight is 379 g/mol. The number of carboxylic acids is 1. The number of nitrogens with zero attached hydrogens (tertiary/aromatic N) is 1. The van der Waals surface area contributed by atoms with Gasteiger partial charge in [-0.05, 0) is 67.9 Å². The molecule has 0 spiro atoms. The quantitative estimate of drug-likeness (QED) is 0.575. The molecule has 146 valence electrons. The van der Waals surface area contributed by atoms with Crippen molar-refractivity contribution in [3.63, 3.8) is 0 Å². The summed E-state index contributed by atoms with van der Waals surface area (Å²) < 4.78 is 5.48. The lowest BCUT2D eigenvalue weighted by molar-refractivity contribution is 0.0696. The third-order valence-electron chi connectivity index (χ3n) is 4.99. The molecule has 0 aromatic heterocycles. The molecule has 0 bridgehead atoms. The van der Waals surface area contributed by atoms with Crippen LogP contribution in [-0.4, -0.2) is 42.0 Å². The highest BCUT2D eigenvalue weighted by Crippen LogP contribution is 2.24. The predicted octanol–water partition coefficient (Wildman–Crippen LogP) is 4.28. The van der Waals surface area contributed by atoms with Gasteiger partial charge in [-0.3, -0.25) is 9.69 Å². The summed E-state index contributed by atoms with van der Waals surface area (Å²) >= 11 is 0. The van der Waals surface area contributed by atoms with Crippen LogP contribution in [0.25, 0.3) is 6.08 Å². The first-order valence-corrected chi connectivity index (χ1v) is 9.52. The monoisotopic (exact) mass is 379 g/mol. The molecule has 1 heterocycles. The molecule has 0 atom stereocenters. The molecule has 1 N–H and O–H groups in total. The molecule has 1 fully saturated rings. The number of piperidine rings is 1. The summed E-state index contributed by atoms with van der Waals surface area (Å²) in [5.41, 5.74) is 2.64. The van der Waals surface area contributed by atoms with E-state index in [1.165, 1.54) is 37.5 Å². The molecular weight excluding hydrogens is 354 g/mol.